The zero-order valence-electron chi connectivity index (χ0n) is 9.93. The van der Waals surface area contributed by atoms with E-state index in [1.54, 1.807) is 11.8 Å². The number of hydrogen-bond donors (Lipinski definition) is 2. The zero-order chi connectivity index (χ0) is 11.3. The molecule has 0 aromatic carbocycles. The highest BCUT2D eigenvalue weighted by Crippen LogP contribution is 2.19. The summed E-state index contributed by atoms with van der Waals surface area (Å²) in [5, 5.41) is 6.28. The first-order valence-corrected chi connectivity index (χ1v) is 6.84. The van der Waals surface area contributed by atoms with Crippen LogP contribution in [0.4, 0.5) is 0 Å². The van der Waals surface area contributed by atoms with E-state index in [1.165, 1.54) is 6.42 Å². The molecule has 1 aliphatic heterocycles. The standard InChI is InChI=1S/C11H22N2OS/c1-11(2,15-3)8-13-10(14)9-6-4-5-7-12-9/h9,12H,4-8H2,1-3H3,(H,13,14). The summed E-state index contributed by atoms with van der Waals surface area (Å²) in [6, 6.07) is 0.0383. The van der Waals surface area contributed by atoms with Crippen LogP contribution >= 0.6 is 11.8 Å². The lowest BCUT2D eigenvalue weighted by molar-refractivity contribution is -0.123. The molecular formula is C11H22N2OS. The van der Waals surface area contributed by atoms with Crippen LogP contribution in [0.5, 0.6) is 0 Å². The molecule has 1 amide bonds. The third-order valence-electron chi connectivity index (χ3n) is 2.87. The molecule has 0 bridgehead atoms. The van der Waals surface area contributed by atoms with Gasteiger partial charge >= 0.3 is 0 Å². The molecule has 1 unspecified atom stereocenters. The van der Waals surface area contributed by atoms with Gasteiger partial charge in [0.25, 0.3) is 0 Å². The Morgan fingerprint density at radius 1 is 1.53 bits per heavy atom. The molecule has 1 saturated heterocycles. The quantitative estimate of drug-likeness (QED) is 0.767. The number of hydrogen-bond acceptors (Lipinski definition) is 3. The number of thioether (sulfide) groups is 1. The van der Waals surface area contributed by atoms with Crippen molar-refractivity contribution in [3.63, 3.8) is 0 Å². The zero-order valence-corrected chi connectivity index (χ0v) is 10.7. The Morgan fingerprint density at radius 3 is 2.80 bits per heavy atom. The number of nitrogens with one attached hydrogen (secondary N) is 2. The van der Waals surface area contributed by atoms with Gasteiger partial charge in [-0.2, -0.15) is 11.8 Å². The maximum atomic E-state index is 11.8. The minimum Gasteiger partial charge on any atom is -0.353 e. The molecule has 2 N–H and O–H groups in total. The van der Waals surface area contributed by atoms with Crippen molar-refractivity contribution in [3.8, 4) is 0 Å². The Balaban J connectivity index is 2.28. The van der Waals surface area contributed by atoms with Gasteiger partial charge in [-0.1, -0.05) is 6.42 Å². The summed E-state index contributed by atoms with van der Waals surface area (Å²) in [6.07, 6.45) is 5.41. The minimum absolute atomic E-state index is 0.0383. The fourth-order valence-electron chi connectivity index (χ4n) is 1.57. The molecule has 1 heterocycles. The second kappa shape index (κ2) is 5.75. The first-order chi connectivity index (χ1) is 7.05. The van der Waals surface area contributed by atoms with E-state index >= 15 is 0 Å². The lowest BCUT2D eigenvalue weighted by Crippen LogP contribution is -2.49. The molecule has 1 rings (SSSR count). The third kappa shape index (κ3) is 4.43. The van der Waals surface area contributed by atoms with Crippen LogP contribution in [0.15, 0.2) is 0 Å². The Bertz CT molecular complexity index is 213. The van der Waals surface area contributed by atoms with Crippen molar-refractivity contribution in [2.24, 2.45) is 0 Å². The van der Waals surface area contributed by atoms with Gasteiger partial charge in [0.15, 0.2) is 0 Å². The molecule has 1 atom stereocenters. The second-order valence-corrected chi connectivity index (χ2v) is 6.20. The van der Waals surface area contributed by atoms with Crippen molar-refractivity contribution in [3.05, 3.63) is 0 Å². The predicted molar refractivity (Wildman–Crippen MR) is 66.2 cm³/mol. The lowest BCUT2D eigenvalue weighted by Gasteiger charge is -2.26. The Hall–Kier alpha value is -0.220. The largest absolute Gasteiger partial charge is 0.353 e. The Kier molecular flexibility index (Phi) is 4.93. The summed E-state index contributed by atoms with van der Waals surface area (Å²) >= 11 is 1.78. The van der Waals surface area contributed by atoms with E-state index in [4.69, 9.17) is 0 Å². The van der Waals surface area contributed by atoms with Crippen LogP contribution in [0, 0.1) is 0 Å². The van der Waals surface area contributed by atoms with Gasteiger partial charge in [0.2, 0.25) is 5.91 Å². The van der Waals surface area contributed by atoms with Crippen LogP contribution in [0.1, 0.15) is 33.1 Å². The van der Waals surface area contributed by atoms with E-state index in [0.717, 1.165) is 25.9 Å². The van der Waals surface area contributed by atoms with Crippen LogP contribution in [0.25, 0.3) is 0 Å². The van der Waals surface area contributed by atoms with Gasteiger partial charge in [-0.15, -0.1) is 0 Å². The van der Waals surface area contributed by atoms with Gasteiger partial charge in [0.1, 0.15) is 0 Å². The molecule has 0 saturated carbocycles. The molecule has 88 valence electrons. The maximum Gasteiger partial charge on any atom is 0.237 e. The summed E-state index contributed by atoms with van der Waals surface area (Å²) < 4.78 is 0.129. The average molecular weight is 230 g/mol. The van der Waals surface area contributed by atoms with Gasteiger partial charge < -0.3 is 10.6 Å². The van der Waals surface area contributed by atoms with Crippen molar-refractivity contribution in [2.45, 2.75) is 43.9 Å². The molecule has 0 radical (unpaired) electrons. The molecule has 0 spiro atoms. The van der Waals surface area contributed by atoms with Gasteiger partial charge in [-0.3, -0.25) is 4.79 Å². The number of piperidine rings is 1. The summed E-state index contributed by atoms with van der Waals surface area (Å²) in [6.45, 7) is 6.01. The van der Waals surface area contributed by atoms with Gasteiger partial charge in [-0.25, -0.2) is 0 Å². The number of amides is 1. The van der Waals surface area contributed by atoms with Crippen LogP contribution in [-0.4, -0.2) is 36.0 Å². The topological polar surface area (TPSA) is 41.1 Å². The highest BCUT2D eigenvalue weighted by atomic mass is 32.2. The van der Waals surface area contributed by atoms with Crippen LogP contribution in [0.2, 0.25) is 0 Å². The Morgan fingerprint density at radius 2 is 2.27 bits per heavy atom. The summed E-state index contributed by atoms with van der Waals surface area (Å²) in [5.41, 5.74) is 0. The van der Waals surface area contributed by atoms with Crippen LogP contribution in [0.3, 0.4) is 0 Å². The van der Waals surface area contributed by atoms with Crippen molar-refractivity contribution in [1.29, 1.82) is 0 Å². The molecule has 3 nitrogen and oxygen atoms in total. The van der Waals surface area contributed by atoms with E-state index < -0.39 is 0 Å². The van der Waals surface area contributed by atoms with Gasteiger partial charge in [0.05, 0.1) is 6.04 Å². The highest BCUT2D eigenvalue weighted by molar-refractivity contribution is 7.99. The highest BCUT2D eigenvalue weighted by Gasteiger charge is 2.23. The van der Waals surface area contributed by atoms with Gasteiger partial charge in [-0.05, 0) is 39.5 Å². The van der Waals surface area contributed by atoms with E-state index in [9.17, 15) is 4.79 Å². The van der Waals surface area contributed by atoms with E-state index in [0.29, 0.717) is 0 Å². The summed E-state index contributed by atoms with van der Waals surface area (Å²) in [7, 11) is 0. The monoisotopic (exact) mass is 230 g/mol. The molecule has 1 aliphatic rings. The van der Waals surface area contributed by atoms with Gasteiger partial charge in [0, 0.05) is 11.3 Å². The van der Waals surface area contributed by atoms with E-state index in [2.05, 4.69) is 30.7 Å². The SMILES string of the molecule is CSC(C)(C)CNC(=O)C1CCCCN1. The Labute approximate surface area is 96.8 Å². The first-order valence-electron chi connectivity index (χ1n) is 5.61. The normalized spacial score (nSPS) is 22.5. The summed E-state index contributed by atoms with van der Waals surface area (Å²) in [4.78, 5) is 11.8. The van der Waals surface area contributed by atoms with Crippen molar-refractivity contribution in [2.75, 3.05) is 19.3 Å². The third-order valence-corrected chi connectivity index (χ3v) is 4.12. The first kappa shape index (κ1) is 12.8. The summed E-state index contributed by atoms with van der Waals surface area (Å²) in [5.74, 6) is 0.164. The molecule has 15 heavy (non-hydrogen) atoms. The molecule has 0 aromatic rings. The average Bonchev–Trinajstić information content (AvgIpc) is 2.27. The fourth-order valence-corrected chi connectivity index (χ4v) is 1.79. The number of carbonyl (C=O) groups excluding carboxylic acids is 1. The van der Waals surface area contributed by atoms with E-state index in [1.807, 2.05) is 0 Å². The van der Waals surface area contributed by atoms with Crippen LogP contribution < -0.4 is 10.6 Å². The van der Waals surface area contributed by atoms with Crippen molar-refractivity contribution < 1.29 is 4.79 Å². The fraction of sp³-hybridized carbons (Fsp3) is 0.909. The molecule has 0 aliphatic carbocycles. The second-order valence-electron chi connectivity index (χ2n) is 4.68. The smallest absolute Gasteiger partial charge is 0.237 e. The molecule has 1 fully saturated rings. The predicted octanol–water partition coefficient (Wildman–Crippen LogP) is 1.39. The number of rotatable bonds is 4. The van der Waals surface area contributed by atoms with E-state index in [-0.39, 0.29) is 16.7 Å². The maximum absolute atomic E-state index is 11.8. The number of carbonyl (C=O) groups is 1. The molecule has 4 heteroatoms. The minimum atomic E-state index is 0.0383. The lowest BCUT2D eigenvalue weighted by atomic mass is 10.0. The van der Waals surface area contributed by atoms with Crippen LogP contribution in [-0.2, 0) is 4.79 Å². The molecule has 0 aromatic heterocycles. The van der Waals surface area contributed by atoms with Crippen molar-refractivity contribution in [1.82, 2.24) is 10.6 Å². The van der Waals surface area contributed by atoms with Crippen molar-refractivity contribution >= 4 is 17.7 Å². The molecular weight excluding hydrogens is 208 g/mol.